The highest BCUT2D eigenvalue weighted by atomic mass is 16.5. The van der Waals surface area contributed by atoms with Gasteiger partial charge in [-0.25, -0.2) is 4.99 Å². The van der Waals surface area contributed by atoms with E-state index in [1.54, 1.807) is 17.1 Å². The minimum atomic E-state index is 0.00537. The van der Waals surface area contributed by atoms with Gasteiger partial charge in [0.2, 0.25) is 0 Å². The molecule has 3 heterocycles. The maximum atomic E-state index is 12.4. The van der Waals surface area contributed by atoms with E-state index < -0.39 is 0 Å². The van der Waals surface area contributed by atoms with Gasteiger partial charge in [0.1, 0.15) is 23.8 Å². The quantitative estimate of drug-likeness (QED) is 0.490. The Morgan fingerprint density at radius 3 is 2.55 bits per heavy atom. The molecule has 5 rings (SSSR count). The molecule has 152 valence electrons. The van der Waals surface area contributed by atoms with Crippen molar-refractivity contribution in [2.75, 3.05) is 6.61 Å². The monoisotopic (exact) mass is 408 g/mol. The molecule has 2 aromatic heterocycles. The molecule has 0 radical (unpaired) electrons. The number of aliphatic imine (C=N–C) groups is 1. The Labute approximate surface area is 179 Å². The van der Waals surface area contributed by atoms with Crippen LogP contribution >= 0.6 is 0 Å². The Morgan fingerprint density at radius 2 is 1.74 bits per heavy atom. The maximum Gasteiger partial charge on any atom is 0.185 e. The van der Waals surface area contributed by atoms with Crippen LogP contribution in [0.15, 0.2) is 84.2 Å². The normalized spacial score (nSPS) is 12.9. The van der Waals surface area contributed by atoms with E-state index in [2.05, 4.69) is 15.1 Å². The van der Waals surface area contributed by atoms with E-state index >= 15 is 0 Å². The molecular weight excluding hydrogens is 388 g/mol. The van der Waals surface area contributed by atoms with Gasteiger partial charge in [-0.3, -0.25) is 14.5 Å². The lowest BCUT2D eigenvalue weighted by Gasteiger charge is -2.15. The third-order valence-electron chi connectivity index (χ3n) is 5.24. The number of carbonyl (C=O) groups excluding carboxylic acids is 1. The van der Waals surface area contributed by atoms with Crippen LogP contribution in [0.25, 0.3) is 22.4 Å². The first-order chi connectivity index (χ1) is 15.2. The van der Waals surface area contributed by atoms with E-state index in [1.165, 1.54) is 0 Å². The number of pyridine rings is 1. The van der Waals surface area contributed by atoms with Crippen LogP contribution in [0.4, 0.5) is 5.69 Å². The third kappa shape index (κ3) is 3.88. The molecule has 0 amide bonds. The predicted molar refractivity (Wildman–Crippen MR) is 120 cm³/mol. The van der Waals surface area contributed by atoms with Crippen molar-refractivity contribution >= 4 is 17.2 Å². The lowest BCUT2D eigenvalue weighted by Crippen LogP contribution is -2.26. The molecule has 1 aliphatic heterocycles. The second-order valence-corrected chi connectivity index (χ2v) is 7.40. The second-order valence-electron chi connectivity index (χ2n) is 7.40. The number of ether oxygens (including phenoxy) is 1. The molecule has 0 aliphatic carbocycles. The number of fused-ring (bicyclic) bond motifs is 1. The minimum Gasteiger partial charge on any atom is -0.487 e. The molecule has 1 aliphatic rings. The first-order valence-corrected chi connectivity index (χ1v) is 10.0. The van der Waals surface area contributed by atoms with Gasteiger partial charge in [0.25, 0.3) is 0 Å². The van der Waals surface area contributed by atoms with Crippen LogP contribution < -0.4 is 4.74 Å². The number of hydrogen-bond donors (Lipinski definition) is 0. The van der Waals surface area contributed by atoms with Crippen LogP contribution in [-0.4, -0.2) is 32.9 Å². The summed E-state index contributed by atoms with van der Waals surface area (Å²) in [5.41, 5.74) is 6.23. The summed E-state index contributed by atoms with van der Waals surface area (Å²) in [6, 6.07) is 19.4. The zero-order valence-electron chi connectivity index (χ0n) is 17.0. The number of nitrogens with zero attached hydrogens (tertiary/aromatic N) is 4. The van der Waals surface area contributed by atoms with E-state index in [-0.39, 0.29) is 12.4 Å². The number of para-hydroxylation sites is 1. The highest BCUT2D eigenvalue weighted by molar-refractivity contribution is 6.42. The van der Waals surface area contributed by atoms with Crippen LogP contribution in [0.2, 0.25) is 0 Å². The summed E-state index contributed by atoms with van der Waals surface area (Å²) in [5, 5.41) is 4.63. The topological polar surface area (TPSA) is 69.4 Å². The van der Waals surface area contributed by atoms with Crippen molar-refractivity contribution in [3.8, 4) is 28.1 Å². The summed E-state index contributed by atoms with van der Waals surface area (Å²) >= 11 is 0. The average molecular weight is 408 g/mol. The number of aryl methyl sites for hydroxylation is 1. The summed E-state index contributed by atoms with van der Waals surface area (Å²) in [6.45, 7) is 0.151. The number of Topliss-reactive ketones (excluding diaryl/α,β-unsaturated/α-hetero) is 1. The molecule has 0 N–H and O–H groups in total. The molecule has 2 aromatic carbocycles. The fraction of sp³-hybridized carbons (Fsp3) is 0.120. The predicted octanol–water partition coefficient (Wildman–Crippen LogP) is 4.43. The van der Waals surface area contributed by atoms with E-state index in [4.69, 9.17) is 4.74 Å². The number of rotatable bonds is 5. The van der Waals surface area contributed by atoms with E-state index in [1.807, 2.05) is 73.9 Å². The molecule has 6 heteroatoms. The van der Waals surface area contributed by atoms with Gasteiger partial charge in [0.15, 0.2) is 5.78 Å². The van der Waals surface area contributed by atoms with Crippen LogP contribution in [0, 0.1) is 0 Å². The zero-order valence-corrected chi connectivity index (χ0v) is 17.0. The highest BCUT2D eigenvalue weighted by Gasteiger charge is 2.20. The van der Waals surface area contributed by atoms with Crippen LogP contribution in [0.5, 0.6) is 5.75 Å². The lowest BCUT2D eigenvalue weighted by atomic mass is 10.0. The Kier molecular flexibility index (Phi) is 4.88. The molecule has 4 aromatic rings. The molecule has 0 saturated carbocycles. The smallest absolute Gasteiger partial charge is 0.185 e. The Hall–Kier alpha value is -4.06. The Bertz CT molecular complexity index is 1270. The molecule has 0 saturated heterocycles. The SMILES string of the molecule is Cn1cc(-c2ccncc2)c(-c2ccc(OCC3=Nc4ccccc4CC3=O)cc2)n1. The summed E-state index contributed by atoms with van der Waals surface area (Å²) < 4.78 is 7.66. The van der Waals surface area contributed by atoms with Crippen LogP contribution in [0.1, 0.15) is 5.56 Å². The number of ketones is 1. The Morgan fingerprint density at radius 1 is 0.968 bits per heavy atom. The van der Waals surface area contributed by atoms with Gasteiger partial charge in [-0.2, -0.15) is 5.10 Å². The fourth-order valence-electron chi connectivity index (χ4n) is 3.67. The summed E-state index contributed by atoms with van der Waals surface area (Å²) in [4.78, 5) is 20.9. The van der Waals surface area contributed by atoms with Crippen molar-refractivity contribution in [2.24, 2.45) is 12.0 Å². The van der Waals surface area contributed by atoms with E-state index in [0.29, 0.717) is 17.9 Å². The molecule has 0 atom stereocenters. The van der Waals surface area contributed by atoms with Gasteiger partial charge < -0.3 is 4.74 Å². The molecule has 0 spiro atoms. The molecule has 0 unspecified atom stereocenters. The first kappa shape index (κ1) is 18.9. The van der Waals surface area contributed by atoms with Gasteiger partial charge in [-0.05, 0) is 53.6 Å². The number of hydrogen-bond acceptors (Lipinski definition) is 5. The van der Waals surface area contributed by atoms with Crippen molar-refractivity contribution in [3.63, 3.8) is 0 Å². The average Bonchev–Trinajstić information content (AvgIpc) is 3.20. The molecule has 0 bridgehead atoms. The summed E-state index contributed by atoms with van der Waals surface area (Å²) in [6.07, 6.45) is 5.92. The van der Waals surface area contributed by atoms with Crippen molar-refractivity contribution in [1.29, 1.82) is 0 Å². The maximum absolute atomic E-state index is 12.4. The molecule has 0 fully saturated rings. The standard InChI is InChI=1S/C25H20N4O2/c1-29-15-21(17-10-12-26-13-11-17)25(28-29)18-6-8-20(9-7-18)31-16-23-24(30)14-19-4-2-3-5-22(19)27-23/h2-13,15H,14,16H2,1H3. The summed E-state index contributed by atoms with van der Waals surface area (Å²) in [7, 11) is 1.91. The van der Waals surface area contributed by atoms with Crippen molar-refractivity contribution in [3.05, 3.63) is 84.8 Å². The molecule has 31 heavy (non-hydrogen) atoms. The van der Waals surface area contributed by atoms with Gasteiger partial charge in [-0.1, -0.05) is 18.2 Å². The van der Waals surface area contributed by atoms with Crippen LogP contribution in [-0.2, 0) is 18.3 Å². The number of benzene rings is 2. The fourth-order valence-corrected chi connectivity index (χ4v) is 3.67. The van der Waals surface area contributed by atoms with Crippen molar-refractivity contribution < 1.29 is 9.53 Å². The van der Waals surface area contributed by atoms with Gasteiger partial charge in [0.05, 0.1) is 5.69 Å². The first-order valence-electron chi connectivity index (χ1n) is 10.0. The lowest BCUT2D eigenvalue weighted by molar-refractivity contribution is -0.112. The number of carbonyl (C=O) groups is 1. The number of aromatic nitrogens is 3. The molecular formula is C25H20N4O2. The van der Waals surface area contributed by atoms with Gasteiger partial charge in [-0.15, -0.1) is 0 Å². The van der Waals surface area contributed by atoms with Crippen molar-refractivity contribution in [1.82, 2.24) is 14.8 Å². The third-order valence-corrected chi connectivity index (χ3v) is 5.24. The van der Waals surface area contributed by atoms with E-state index in [0.717, 1.165) is 33.6 Å². The van der Waals surface area contributed by atoms with Gasteiger partial charge in [0, 0.05) is 43.2 Å². The zero-order chi connectivity index (χ0) is 21.2. The highest BCUT2D eigenvalue weighted by Crippen LogP contribution is 2.31. The second kappa shape index (κ2) is 7.99. The molecule has 6 nitrogen and oxygen atoms in total. The Balaban J connectivity index is 1.34. The largest absolute Gasteiger partial charge is 0.487 e. The van der Waals surface area contributed by atoms with E-state index in [9.17, 15) is 4.79 Å². The van der Waals surface area contributed by atoms with Crippen molar-refractivity contribution in [2.45, 2.75) is 6.42 Å². The summed E-state index contributed by atoms with van der Waals surface area (Å²) in [5.74, 6) is 0.685. The van der Waals surface area contributed by atoms with Gasteiger partial charge >= 0.3 is 0 Å². The van der Waals surface area contributed by atoms with Crippen LogP contribution in [0.3, 0.4) is 0 Å². The minimum absolute atomic E-state index is 0.00537.